The van der Waals surface area contributed by atoms with Gasteiger partial charge in [-0.3, -0.25) is 0 Å². The van der Waals surface area contributed by atoms with Crippen molar-refractivity contribution < 1.29 is 19.0 Å². The zero-order valence-corrected chi connectivity index (χ0v) is 9.50. The summed E-state index contributed by atoms with van der Waals surface area (Å²) in [5.74, 6) is -1.89. The Hall–Kier alpha value is -2.94. The van der Waals surface area contributed by atoms with Crippen LogP contribution in [0.1, 0.15) is 15.9 Å². The van der Waals surface area contributed by atoms with Crippen molar-refractivity contribution in [2.75, 3.05) is 0 Å². The second-order valence-corrected chi connectivity index (χ2v) is 3.70. The average Bonchev–Trinajstić information content (AvgIpc) is 2.39. The fraction of sp³-hybridized carbons (Fsp3) is 0. The molecule has 2 rings (SSSR count). The summed E-state index contributed by atoms with van der Waals surface area (Å²) in [4.78, 5) is 11.2. The molecule has 2 aromatic rings. The predicted molar refractivity (Wildman–Crippen MR) is 62.5 cm³/mol. The van der Waals surface area contributed by atoms with E-state index < -0.39 is 17.3 Å². The van der Waals surface area contributed by atoms with Crippen LogP contribution in [-0.2, 0) is 0 Å². The van der Waals surface area contributed by atoms with Crippen molar-refractivity contribution in [1.29, 1.82) is 5.26 Å². The van der Waals surface area contributed by atoms with Crippen LogP contribution in [0.25, 0.3) is 11.3 Å². The number of hydrogen-bond donors (Lipinski definition) is 1. The van der Waals surface area contributed by atoms with E-state index in [9.17, 15) is 14.4 Å². The minimum absolute atomic E-state index is 0.126. The number of rotatable bonds is 2. The molecule has 1 aromatic heterocycles. The van der Waals surface area contributed by atoms with Crippen molar-refractivity contribution in [1.82, 2.24) is 0 Å². The molecule has 0 aliphatic heterocycles. The van der Waals surface area contributed by atoms with E-state index in [1.807, 2.05) is 0 Å². The van der Waals surface area contributed by atoms with E-state index in [1.54, 1.807) is 6.07 Å². The zero-order chi connectivity index (χ0) is 14.0. The Morgan fingerprint density at radius 3 is 2.47 bits per heavy atom. The van der Waals surface area contributed by atoms with E-state index in [4.69, 9.17) is 10.4 Å². The molecule has 1 heterocycles. The third-order valence-corrected chi connectivity index (χ3v) is 2.56. The van der Waals surface area contributed by atoms with Crippen LogP contribution in [0.4, 0.5) is 4.39 Å². The first-order chi connectivity index (χ1) is 9.04. The lowest BCUT2D eigenvalue weighted by Gasteiger charge is -2.08. The Kier molecular flexibility index (Phi) is 3.12. The number of carbonyl (C=O) groups is 1. The maximum absolute atomic E-state index is 12.9. The highest BCUT2D eigenvalue weighted by molar-refractivity contribution is 5.96. The molecule has 94 valence electrons. The smallest absolute Gasteiger partial charge is 0.343 e. The van der Waals surface area contributed by atoms with Gasteiger partial charge in [-0.1, -0.05) is 0 Å². The van der Waals surface area contributed by atoms with Gasteiger partial charge in [0.2, 0.25) is 5.69 Å². The van der Waals surface area contributed by atoms with Gasteiger partial charge in [0.25, 0.3) is 0 Å². The number of hydrogen-bond acceptors (Lipinski definition) is 3. The van der Waals surface area contributed by atoms with Gasteiger partial charge in [0, 0.05) is 11.6 Å². The van der Waals surface area contributed by atoms with Gasteiger partial charge in [0.15, 0.2) is 11.8 Å². The van der Waals surface area contributed by atoms with Gasteiger partial charge in [-0.15, -0.1) is 0 Å². The van der Waals surface area contributed by atoms with Crippen molar-refractivity contribution >= 4 is 5.97 Å². The van der Waals surface area contributed by atoms with Gasteiger partial charge in [0.1, 0.15) is 11.9 Å². The molecule has 0 unspecified atom stereocenters. The number of benzene rings is 1. The van der Waals surface area contributed by atoms with Crippen molar-refractivity contribution in [3.05, 3.63) is 58.7 Å². The average molecular weight is 258 g/mol. The normalized spacial score (nSPS) is 9.89. The molecule has 0 atom stereocenters. The molecule has 19 heavy (non-hydrogen) atoms. The van der Waals surface area contributed by atoms with Crippen LogP contribution in [0.2, 0.25) is 0 Å². The number of carboxylic acid groups (broad SMARTS) is 1. The predicted octanol–water partition coefficient (Wildman–Crippen LogP) is 1.70. The summed E-state index contributed by atoms with van der Waals surface area (Å²) in [7, 11) is 0. The van der Waals surface area contributed by atoms with Crippen molar-refractivity contribution in [2.45, 2.75) is 0 Å². The first-order valence-electron chi connectivity index (χ1n) is 5.20. The summed E-state index contributed by atoms with van der Waals surface area (Å²) >= 11 is 0. The fourth-order valence-electron chi connectivity index (χ4n) is 1.73. The molecule has 0 spiro atoms. The zero-order valence-electron chi connectivity index (χ0n) is 9.50. The number of aromatic nitrogens is 1. The molecule has 1 aromatic carbocycles. The summed E-state index contributed by atoms with van der Waals surface area (Å²) in [6.07, 6.45) is 1.05. The topological polar surface area (TPSA) is 88.0 Å². The number of nitriles is 1. The SMILES string of the molecule is N#Cc1cc[n+]([O-])c(-c2ccc(F)cc2)c1C(=O)O. The Balaban J connectivity index is 2.78. The quantitative estimate of drug-likeness (QED) is 0.655. The molecule has 0 radical (unpaired) electrons. The number of pyridine rings is 1. The third-order valence-electron chi connectivity index (χ3n) is 2.56. The van der Waals surface area contributed by atoms with Crippen molar-refractivity contribution in [2.24, 2.45) is 0 Å². The van der Waals surface area contributed by atoms with Gasteiger partial charge in [-0.2, -0.15) is 9.99 Å². The number of carboxylic acids is 1. The second kappa shape index (κ2) is 4.74. The van der Waals surface area contributed by atoms with E-state index >= 15 is 0 Å². The van der Waals surface area contributed by atoms with Crippen LogP contribution in [0, 0.1) is 22.4 Å². The van der Waals surface area contributed by atoms with Gasteiger partial charge >= 0.3 is 5.97 Å². The Morgan fingerprint density at radius 1 is 1.32 bits per heavy atom. The minimum Gasteiger partial charge on any atom is -0.618 e. The van der Waals surface area contributed by atoms with E-state index in [-0.39, 0.29) is 16.8 Å². The van der Waals surface area contributed by atoms with Crippen LogP contribution in [-0.4, -0.2) is 11.1 Å². The lowest BCUT2D eigenvalue weighted by molar-refractivity contribution is -0.593. The van der Waals surface area contributed by atoms with Gasteiger partial charge in [-0.05, 0) is 24.3 Å². The van der Waals surface area contributed by atoms with Crippen LogP contribution in [0.3, 0.4) is 0 Å². The molecule has 0 saturated carbocycles. The summed E-state index contributed by atoms with van der Waals surface area (Å²) < 4.78 is 13.2. The van der Waals surface area contributed by atoms with Gasteiger partial charge < -0.3 is 10.3 Å². The van der Waals surface area contributed by atoms with Crippen LogP contribution < -0.4 is 4.73 Å². The maximum Gasteiger partial charge on any atom is 0.343 e. The van der Waals surface area contributed by atoms with Gasteiger partial charge in [-0.25, -0.2) is 9.18 Å². The molecule has 0 amide bonds. The lowest BCUT2D eigenvalue weighted by Crippen LogP contribution is -2.31. The summed E-state index contributed by atoms with van der Waals surface area (Å²) in [6.45, 7) is 0. The molecule has 0 bridgehead atoms. The first kappa shape index (κ1) is 12.5. The Bertz CT molecular complexity index is 690. The molecular formula is C13H7FN2O3. The van der Waals surface area contributed by atoms with Crippen molar-refractivity contribution in [3.63, 3.8) is 0 Å². The summed E-state index contributed by atoms with van der Waals surface area (Å²) in [6, 6.07) is 7.64. The standard InChI is InChI=1S/C13H7FN2O3/c14-10-3-1-8(2-4-10)12-11(13(17)18)9(7-15)5-6-16(12)19/h1-6H,(H,17,18). The highest BCUT2D eigenvalue weighted by Gasteiger charge is 2.25. The maximum atomic E-state index is 12.9. The van der Waals surface area contributed by atoms with Gasteiger partial charge in [0.05, 0.1) is 5.56 Å². The monoisotopic (exact) mass is 258 g/mol. The molecule has 0 aliphatic rings. The summed E-state index contributed by atoms with van der Waals surface area (Å²) in [5, 5.41) is 29.8. The second-order valence-electron chi connectivity index (χ2n) is 3.70. The summed E-state index contributed by atoms with van der Waals surface area (Å²) in [5.41, 5.74) is -0.483. The highest BCUT2D eigenvalue weighted by atomic mass is 19.1. The molecule has 0 aliphatic carbocycles. The molecule has 0 saturated heterocycles. The Labute approximate surface area is 107 Å². The van der Waals surface area contributed by atoms with Crippen molar-refractivity contribution in [3.8, 4) is 17.3 Å². The number of halogens is 1. The lowest BCUT2D eigenvalue weighted by atomic mass is 10.0. The largest absolute Gasteiger partial charge is 0.618 e. The van der Waals surface area contributed by atoms with Crippen LogP contribution >= 0.6 is 0 Å². The van der Waals surface area contributed by atoms with E-state index in [2.05, 4.69) is 0 Å². The molecule has 1 N–H and O–H groups in total. The Morgan fingerprint density at radius 2 is 1.95 bits per heavy atom. The molecule has 0 fully saturated rings. The number of nitrogens with zero attached hydrogens (tertiary/aromatic N) is 2. The van der Waals surface area contributed by atoms with E-state index in [0.29, 0.717) is 4.73 Å². The van der Waals surface area contributed by atoms with Crippen LogP contribution in [0.5, 0.6) is 0 Å². The minimum atomic E-state index is -1.39. The third kappa shape index (κ3) is 2.21. The fourth-order valence-corrected chi connectivity index (χ4v) is 1.73. The first-order valence-corrected chi connectivity index (χ1v) is 5.20. The van der Waals surface area contributed by atoms with E-state index in [1.165, 1.54) is 12.1 Å². The van der Waals surface area contributed by atoms with E-state index in [0.717, 1.165) is 24.4 Å². The molecular weight excluding hydrogens is 251 g/mol. The highest BCUT2D eigenvalue weighted by Crippen LogP contribution is 2.22. The molecule has 5 nitrogen and oxygen atoms in total. The number of aromatic carboxylic acids is 1. The van der Waals surface area contributed by atoms with Crippen LogP contribution in [0.15, 0.2) is 36.5 Å². The molecule has 6 heteroatoms.